The number of ether oxygens (including phenoxy) is 1. The Bertz CT molecular complexity index is 885. The number of aliphatic carboxylic acids is 1. The van der Waals surface area contributed by atoms with Crippen molar-refractivity contribution in [2.75, 3.05) is 11.3 Å². The molecule has 0 aliphatic rings. The van der Waals surface area contributed by atoms with Gasteiger partial charge in [0.2, 0.25) is 0 Å². The molecule has 0 amide bonds. The van der Waals surface area contributed by atoms with E-state index in [0.29, 0.717) is 5.56 Å². The maximum atomic E-state index is 13.7. The number of anilines is 1. The number of carboxylic acids is 1. The Balaban J connectivity index is 2.26. The monoisotopic (exact) mass is 373 g/mol. The minimum Gasteiger partial charge on any atom is -0.482 e. The van der Waals surface area contributed by atoms with Crippen molar-refractivity contribution in [3.63, 3.8) is 0 Å². The van der Waals surface area contributed by atoms with Crippen LogP contribution in [-0.4, -0.2) is 26.1 Å². The van der Waals surface area contributed by atoms with Gasteiger partial charge in [-0.1, -0.05) is 11.6 Å². The van der Waals surface area contributed by atoms with Crippen LogP contribution < -0.4 is 9.46 Å². The highest BCUT2D eigenvalue weighted by molar-refractivity contribution is 7.92. The first kappa shape index (κ1) is 18.0. The van der Waals surface area contributed by atoms with Crippen molar-refractivity contribution in [2.24, 2.45) is 0 Å². The summed E-state index contributed by atoms with van der Waals surface area (Å²) in [5, 5.41) is 8.73. The molecule has 24 heavy (non-hydrogen) atoms. The van der Waals surface area contributed by atoms with Gasteiger partial charge in [0.05, 0.1) is 10.6 Å². The first-order valence-corrected chi connectivity index (χ1v) is 8.48. The summed E-state index contributed by atoms with van der Waals surface area (Å²) in [6, 6.07) is 7.44. The molecule has 2 aromatic rings. The summed E-state index contributed by atoms with van der Waals surface area (Å²) < 4.78 is 45.5. The highest BCUT2D eigenvalue weighted by atomic mass is 35.5. The van der Waals surface area contributed by atoms with Gasteiger partial charge in [0.1, 0.15) is 11.6 Å². The van der Waals surface area contributed by atoms with Gasteiger partial charge in [0.25, 0.3) is 10.0 Å². The van der Waals surface area contributed by atoms with Crippen molar-refractivity contribution in [3.8, 4) is 5.75 Å². The van der Waals surface area contributed by atoms with E-state index >= 15 is 0 Å². The minimum absolute atomic E-state index is 0.114. The molecule has 128 valence electrons. The Labute approximate surface area is 142 Å². The van der Waals surface area contributed by atoms with Gasteiger partial charge in [-0.05, 0) is 48.9 Å². The molecule has 6 nitrogen and oxygen atoms in total. The second-order valence-electron chi connectivity index (χ2n) is 4.84. The quantitative estimate of drug-likeness (QED) is 0.811. The fourth-order valence-corrected chi connectivity index (χ4v) is 3.18. The molecule has 0 atom stereocenters. The first-order chi connectivity index (χ1) is 11.2. The Morgan fingerprint density at radius 3 is 2.58 bits per heavy atom. The lowest BCUT2D eigenvalue weighted by Crippen LogP contribution is -2.15. The van der Waals surface area contributed by atoms with Crippen LogP contribution in [0.15, 0.2) is 41.3 Å². The molecule has 0 saturated carbocycles. The van der Waals surface area contributed by atoms with Gasteiger partial charge in [-0.3, -0.25) is 4.72 Å². The summed E-state index contributed by atoms with van der Waals surface area (Å²) in [7, 11) is -4.02. The van der Waals surface area contributed by atoms with E-state index < -0.39 is 28.4 Å². The van der Waals surface area contributed by atoms with Crippen LogP contribution in [0.1, 0.15) is 5.56 Å². The number of nitrogens with one attached hydrogen (secondary N) is 1. The number of halogens is 2. The van der Waals surface area contributed by atoms with Gasteiger partial charge in [-0.25, -0.2) is 17.6 Å². The molecule has 0 spiro atoms. The van der Waals surface area contributed by atoms with Crippen LogP contribution in [0.5, 0.6) is 5.75 Å². The zero-order valence-corrected chi connectivity index (χ0v) is 14.0. The van der Waals surface area contributed by atoms with E-state index in [1.54, 1.807) is 6.92 Å². The molecule has 2 aromatic carbocycles. The molecule has 0 heterocycles. The predicted molar refractivity (Wildman–Crippen MR) is 86.5 cm³/mol. The summed E-state index contributed by atoms with van der Waals surface area (Å²) in [4.78, 5) is 10.4. The van der Waals surface area contributed by atoms with Gasteiger partial charge in [0, 0.05) is 5.02 Å². The van der Waals surface area contributed by atoms with Gasteiger partial charge >= 0.3 is 5.97 Å². The van der Waals surface area contributed by atoms with Crippen LogP contribution in [0.2, 0.25) is 5.02 Å². The third-order valence-electron chi connectivity index (χ3n) is 2.98. The molecule has 0 aliphatic carbocycles. The summed E-state index contributed by atoms with van der Waals surface area (Å²) in [5.74, 6) is -1.70. The van der Waals surface area contributed by atoms with Gasteiger partial charge in [-0.15, -0.1) is 0 Å². The molecule has 0 fully saturated rings. The second kappa shape index (κ2) is 7.06. The van der Waals surface area contributed by atoms with Crippen molar-refractivity contribution < 1.29 is 27.4 Å². The van der Waals surface area contributed by atoms with E-state index in [-0.39, 0.29) is 21.4 Å². The molecular weight excluding hydrogens is 361 g/mol. The Morgan fingerprint density at radius 1 is 1.29 bits per heavy atom. The van der Waals surface area contributed by atoms with Crippen LogP contribution in [0.3, 0.4) is 0 Å². The topological polar surface area (TPSA) is 92.7 Å². The lowest BCUT2D eigenvalue weighted by molar-refractivity contribution is -0.139. The van der Waals surface area contributed by atoms with Crippen molar-refractivity contribution in [3.05, 3.63) is 52.8 Å². The number of aryl methyl sites for hydroxylation is 1. The standard InChI is InChI=1S/C15H13ClFNO5S/c1-9-6-11(3-5-14(9)23-8-15(19)20)24(21,22)18-13-4-2-10(16)7-12(13)17/h2-7,18H,8H2,1H3,(H,19,20). The summed E-state index contributed by atoms with van der Waals surface area (Å²) >= 11 is 5.62. The van der Waals surface area contributed by atoms with E-state index in [4.69, 9.17) is 21.4 Å². The van der Waals surface area contributed by atoms with Gasteiger partial charge < -0.3 is 9.84 Å². The van der Waals surface area contributed by atoms with Crippen molar-refractivity contribution in [1.82, 2.24) is 0 Å². The molecule has 9 heteroatoms. The Hall–Kier alpha value is -2.32. The maximum absolute atomic E-state index is 13.7. The van der Waals surface area contributed by atoms with Crippen molar-refractivity contribution in [1.29, 1.82) is 0 Å². The second-order valence-corrected chi connectivity index (χ2v) is 6.96. The fourth-order valence-electron chi connectivity index (χ4n) is 1.87. The van der Waals surface area contributed by atoms with Crippen LogP contribution in [0, 0.1) is 12.7 Å². The lowest BCUT2D eigenvalue weighted by Gasteiger charge is -2.12. The number of carboxylic acid groups (broad SMARTS) is 1. The molecule has 0 unspecified atom stereocenters. The van der Waals surface area contributed by atoms with Crippen LogP contribution in [0.25, 0.3) is 0 Å². The smallest absolute Gasteiger partial charge is 0.341 e. The average molecular weight is 374 g/mol. The fraction of sp³-hybridized carbons (Fsp3) is 0.133. The third-order valence-corrected chi connectivity index (χ3v) is 4.58. The van der Waals surface area contributed by atoms with Gasteiger partial charge in [0.15, 0.2) is 6.61 Å². The van der Waals surface area contributed by atoms with E-state index in [2.05, 4.69) is 4.72 Å². The minimum atomic E-state index is -4.02. The highest BCUT2D eigenvalue weighted by Gasteiger charge is 2.18. The van der Waals surface area contributed by atoms with Crippen LogP contribution in [0.4, 0.5) is 10.1 Å². The van der Waals surface area contributed by atoms with E-state index in [1.807, 2.05) is 0 Å². The first-order valence-electron chi connectivity index (χ1n) is 6.62. The summed E-state index contributed by atoms with van der Waals surface area (Å²) in [5.41, 5.74) is 0.193. The third kappa shape index (κ3) is 4.36. The van der Waals surface area contributed by atoms with Gasteiger partial charge in [-0.2, -0.15) is 0 Å². The van der Waals surface area contributed by atoms with Crippen molar-refractivity contribution in [2.45, 2.75) is 11.8 Å². The predicted octanol–water partition coefficient (Wildman–Crippen LogP) is 3.05. The number of carbonyl (C=O) groups is 1. The molecule has 2 rings (SSSR count). The summed E-state index contributed by atoms with van der Waals surface area (Å²) in [6.45, 7) is 1.03. The zero-order chi connectivity index (χ0) is 17.9. The average Bonchev–Trinajstić information content (AvgIpc) is 2.48. The van der Waals surface area contributed by atoms with Crippen molar-refractivity contribution >= 4 is 33.3 Å². The molecule has 2 N–H and O–H groups in total. The largest absolute Gasteiger partial charge is 0.482 e. The summed E-state index contributed by atoms with van der Waals surface area (Å²) in [6.07, 6.45) is 0. The lowest BCUT2D eigenvalue weighted by atomic mass is 10.2. The Morgan fingerprint density at radius 2 is 2.00 bits per heavy atom. The molecular formula is C15H13ClFNO5S. The number of hydrogen-bond acceptors (Lipinski definition) is 4. The highest BCUT2D eigenvalue weighted by Crippen LogP contribution is 2.25. The van der Waals surface area contributed by atoms with Crippen LogP contribution in [-0.2, 0) is 14.8 Å². The number of sulfonamides is 1. The van der Waals surface area contributed by atoms with Crippen LogP contribution >= 0.6 is 11.6 Å². The number of rotatable bonds is 6. The van der Waals surface area contributed by atoms with E-state index in [9.17, 15) is 17.6 Å². The molecule has 0 bridgehead atoms. The van der Waals surface area contributed by atoms with E-state index in [0.717, 1.165) is 6.07 Å². The normalized spacial score (nSPS) is 11.1. The SMILES string of the molecule is Cc1cc(S(=O)(=O)Nc2ccc(Cl)cc2F)ccc1OCC(=O)O. The molecule has 0 saturated heterocycles. The number of benzene rings is 2. The molecule has 0 aliphatic heterocycles. The van der Waals surface area contributed by atoms with E-state index in [1.165, 1.54) is 30.3 Å². The maximum Gasteiger partial charge on any atom is 0.341 e. The zero-order valence-electron chi connectivity index (χ0n) is 12.4. The molecule has 0 radical (unpaired) electrons. The number of hydrogen-bond donors (Lipinski definition) is 2. The Kier molecular flexibility index (Phi) is 5.30. The molecule has 0 aromatic heterocycles.